The van der Waals surface area contributed by atoms with Crippen LogP contribution in [-0.2, 0) is 30.7 Å². The van der Waals surface area contributed by atoms with Crippen molar-refractivity contribution in [2.45, 2.75) is 107 Å². The van der Waals surface area contributed by atoms with Gasteiger partial charge in [-0.25, -0.2) is 18.1 Å². The molecule has 0 saturated heterocycles. The molecule has 0 amide bonds. The maximum atomic E-state index is 3.33. The van der Waals surface area contributed by atoms with Gasteiger partial charge in [-0.2, -0.15) is 17.2 Å². The van der Waals surface area contributed by atoms with E-state index in [1.165, 1.54) is 69.0 Å². The fourth-order valence-corrected chi connectivity index (χ4v) is 15.6. The fraction of sp³-hybridized carbons (Fsp3) is 0.483. The van der Waals surface area contributed by atoms with Crippen LogP contribution in [0.2, 0.25) is 0 Å². The topological polar surface area (TPSA) is 0 Å². The number of rotatable bonds is 3. The molecule has 12 rings (SSSR count). The molecule has 0 spiro atoms. The van der Waals surface area contributed by atoms with Crippen LogP contribution in [-0.4, -0.2) is 3.21 Å². The molecular formula is C58H68Cl2Zr-2. The molecule has 0 radical (unpaired) electrons. The van der Waals surface area contributed by atoms with Crippen molar-refractivity contribution in [2.24, 2.45) is 69.0 Å². The Morgan fingerprint density at radius 1 is 0.705 bits per heavy atom. The van der Waals surface area contributed by atoms with Crippen molar-refractivity contribution in [2.75, 3.05) is 0 Å². The van der Waals surface area contributed by atoms with Crippen LogP contribution in [0.5, 0.6) is 0 Å². The summed E-state index contributed by atoms with van der Waals surface area (Å²) in [7, 11) is 0. The van der Waals surface area contributed by atoms with Crippen LogP contribution in [0.4, 0.5) is 0 Å². The molecule has 5 saturated carbocycles. The average Bonchev–Trinajstić information content (AvgIpc) is 3.87. The molecule has 3 aromatic rings. The van der Waals surface area contributed by atoms with Gasteiger partial charge in [0.2, 0.25) is 0 Å². The SMILES string of the molecule is CC1(C23CC4CC(CC(C4)C2)C3)C=[C-]C=C1.C[C-]1C2=C3Cc4ccccc4C3=C3C=CC(C)C(C)C3(C)C2(C)C(C)C(C)C1C.[Cl-].[Cl-].[Zr+2]=[C](c1ccccc1)c1ccccc1. The average molecular weight is 927 g/mol. The van der Waals surface area contributed by atoms with Gasteiger partial charge in [0, 0.05) is 5.41 Å². The molecule has 0 aromatic heterocycles. The van der Waals surface area contributed by atoms with Crippen molar-refractivity contribution in [3.63, 3.8) is 0 Å². The van der Waals surface area contributed by atoms with Gasteiger partial charge >= 0.3 is 99.2 Å². The monoisotopic (exact) mass is 924 g/mol. The van der Waals surface area contributed by atoms with E-state index >= 15 is 0 Å². The zero-order chi connectivity index (χ0) is 41.5. The first-order valence-corrected chi connectivity index (χ1v) is 24.5. The second kappa shape index (κ2) is 17.5. The fourth-order valence-electron chi connectivity index (χ4n) is 14.8. The van der Waals surface area contributed by atoms with Crippen molar-refractivity contribution in [3.8, 4) is 0 Å². The molecule has 0 heterocycles. The van der Waals surface area contributed by atoms with E-state index in [4.69, 9.17) is 0 Å². The number of allylic oxidation sites excluding steroid dienone is 10. The molecular weight excluding hydrogens is 859 g/mol. The van der Waals surface area contributed by atoms with Crippen molar-refractivity contribution in [3.05, 3.63) is 166 Å². The van der Waals surface area contributed by atoms with Crippen LogP contribution in [0.1, 0.15) is 123 Å². The van der Waals surface area contributed by atoms with E-state index in [-0.39, 0.29) is 35.6 Å². The Balaban J connectivity index is 0.000000148. The number of hydrogen-bond donors (Lipinski definition) is 0. The molecule has 3 aromatic carbocycles. The van der Waals surface area contributed by atoms with Crippen LogP contribution in [0.15, 0.2) is 132 Å². The summed E-state index contributed by atoms with van der Waals surface area (Å²) in [5.74, 6) is 8.11. The quantitative estimate of drug-likeness (QED) is 0.231. The Bertz CT molecular complexity index is 2170. The summed E-state index contributed by atoms with van der Waals surface area (Å²) in [6.45, 7) is 22.6. The van der Waals surface area contributed by atoms with Gasteiger partial charge in [0.05, 0.1) is 0 Å². The second-order valence-corrected chi connectivity index (χ2v) is 22.5. The first kappa shape index (κ1) is 46.6. The van der Waals surface area contributed by atoms with Crippen LogP contribution in [0, 0.1) is 81.0 Å². The third kappa shape index (κ3) is 7.34. The summed E-state index contributed by atoms with van der Waals surface area (Å²) >= 11 is 1.46. The predicted octanol–water partition coefficient (Wildman–Crippen LogP) is 8.63. The summed E-state index contributed by atoms with van der Waals surface area (Å²) < 4.78 is 1.42. The Morgan fingerprint density at radius 3 is 1.79 bits per heavy atom. The summed E-state index contributed by atoms with van der Waals surface area (Å²) in [6, 6.07) is 30.3. The van der Waals surface area contributed by atoms with Crippen molar-refractivity contribution in [1.82, 2.24) is 0 Å². The summed E-state index contributed by atoms with van der Waals surface area (Å²) in [5.41, 5.74) is 13.5. The predicted molar refractivity (Wildman–Crippen MR) is 246 cm³/mol. The van der Waals surface area contributed by atoms with Crippen LogP contribution in [0.3, 0.4) is 0 Å². The summed E-state index contributed by atoms with van der Waals surface area (Å²) in [6.07, 6.45) is 25.5. The third-order valence-corrected chi connectivity index (χ3v) is 20.1. The number of halogens is 2. The van der Waals surface area contributed by atoms with Crippen molar-refractivity contribution >= 4 is 8.78 Å². The van der Waals surface area contributed by atoms with Crippen LogP contribution >= 0.6 is 0 Å². The number of hydrogen-bond acceptors (Lipinski definition) is 0. The Morgan fingerprint density at radius 2 is 1.25 bits per heavy atom. The first-order valence-electron chi connectivity index (χ1n) is 23.3. The molecule has 0 aliphatic heterocycles. The van der Waals surface area contributed by atoms with Gasteiger partial charge in [0.15, 0.2) is 0 Å². The molecule has 3 heteroatoms. The molecule has 9 aliphatic carbocycles. The van der Waals surface area contributed by atoms with E-state index < -0.39 is 0 Å². The third-order valence-electron chi connectivity index (χ3n) is 18.7. The number of fused-ring (bicyclic) bond motifs is 6. The van der Waals surface area contributed by atoms with E-state index in [1.807, 2.05) is 0 Å². The Hall–Kier alpha value is -2.44. The summed E-state index contributed by atoms with van der Waals surface area (Å²) in [4.78, 5) is 0. The van der Waals surface area contributed by atoms with Gasteiger partial charge in [0.1, 0.15) is 0 Å². The van der Waals surface area contributed by atoms with Gasteiger partial charge in [-0.15, -0.1) is 6.92 Å². The maximum absolute atomic E-state index is 3.33. The van der Waals surface area contributed by atoms with Gasteiger partial charge in [0.25, 0.3) is 0 Å². The van der Waals surface area contributed by atoms with E-state index in [0.29, 0.717) is 40.4 Å². The zero-order valence-corrected chi connectivity index (χ0v) is 42.3. The van der Waals surface area contributed by atoms with E-state index in [0.717, 1.165) is 24.2 Å². The molecule has 8 atom stereocenters. The first-order chi connectivity index (χ1) is 28.2. The van der Waals surface area contributed by atoms with Crippen LogP contribution in [0.25, 0.3) is 5.57 Å². The number of benzene rings is 3. The molecule has 8 unspecified atom stereocenters. The van der Waals surface area contributed by atoms with Gasteiger partial charge < -0.3 is 24.8 Å². The minimum absolute atomic E-state index is 0. The zero-order valence-electron chi connectivity index (χ0n) is 38.3. The standard InChI is InChI=1S/C29H37.C16H21.C13H10.2ClH.Zr/c1-16-13-14-25-26-23-12-10-9-11-22(23)15-24(26)27-19(4)17(2)18(3)21(6)29(27,8)28(25,7)20(16)5;1-15(4-2-3-5-15)16-9-12-6-13(10-16)8-14(7-12)11-16;1-3-7-12(8-4-1)11-13-9-5-2-6-10-13;;;/h9-14,16-18,20-21H,15H2,1-8H3;2,4-5,12-14H,6-11H2,1H3;1-10H;2*1H;/q2*-1;;;;+2/p-2. The van der Waals surface area contributed by atoms with Gasteiger partial charge in [-0.05, 0) is 96.3 Å². The van der Waals surface area contributed by atoms with Gasteiger partial charge in [-0.3, -0.25) is 6.08 Å². The van der Waals surface area contributed by atoms with Crippen LogP contribution < -0.4 is 24.8 Å². The summed E-state index contributed by atoms with van der Waals surface area (Å²) in [5, 5.41) is 0. The minimum atomic E-state index is 0. The van der Waals surface area contributed by atoms with Crippen molar-refractivity contribution < 1.29 is 49.0 Å². The van der Waals surface area contributed by atoms with E-state index in [1.54, 1.807) is 47.5 Å². The molecule has 61 heavy (non-hydrogen) atoms. The molecule has 0 nitrogen and oxygen atoms in total. The normalized spacial score (nSPS) is 37.9. The molecule has 9 aliphatic rings. The molecule has 5 fully saturated rings. The molecule has 4 bridgehead atoms. The van der Waals surface area contributed by atoms with E-state index in [2.05, 4.69) is 184 Å². The van der Waals surface area contributed by atoms with Gasteiger partial charge in [-0.1, -0.05) is 126 Å². The van der Waals surface area contributed by atoms with Crippen molar-refractivity contribution in [1.29, 1.82) is 0 Å². The Kier molecular flexibility index (Phi) is 13.4. The molecule has 320 valence electrons. The second-order valence-electron chi connectivity index (χ2n) is 21.2. The Labute approximate surface area is 397 Å². The molecule has 0 N–H and O–H groups in total. The van der Waals surface area contributed by atoms with E-state index in [9.17, 15) is 0 Å².